The zero-order valence-corrected chi connectivity index (χ0v) is 14.2. The molecule has 0 aliphatic carbocycles. The lowest BCUT2D eigenvalue weighted by atomic mass is 10.0. The van der Waals surface area contributed by atoms with E-state index in [1.807, 2.05) is 19.9 Å². The third-order valence-corrected chi connectivity index (χ3v) is 4.78. The molecule has 0 radical (unpaired) electrons. The second-order valence-corrected chi connectivity index (χ2v) is 6.30. The van der Waals surface area contributed by atoms with E-state index in [4.69, 9.17) is 4.74 Å². The van der Waals surface area contributed by atoms with Gasteiger partial charge in [-0.2, -0.15) is 10.3 Å². The van der Waals surface area contributed by atoms with Crippen LogP contribution in [-0.4, -0.2) is 29.3 Å². The third kappa shape index (κ3) is 4.32. The maximum absolute atomic E-state index is 12.1. The van der Waals surface area contributed by atoms with E-state index in [1.165, 1.54) is 16.4 Å². The average Bonchev–Trinajstić information content (AvgIpc) is 2.87. The van der Waals surface area contributed by atoms with Gasteiger partial charge in [0.2, 0.25) is 5.91 Å². The Morgan fingerprint density at radius 2 is 2.35 bits per heavy atom. The minimum Gasteiger partial charge on any atom is -0.499 e. The number of allylic oxidation sites excluding steroid dienone is 2. The van der Waals surface area contributed by atoms with E-state index in [0.717, 1.165) is 16.2 Å². The van der Waals surface area contributed by atoms with E-state index < -0.39 is 0 Å². The molecule has 1 aliphatic rings. The maximum Gasteiger partial charge on any atom is 0.225 e. The summed E-state index contributed by atoms with van der Waals surface area (Å²) >= 11 is 1.37. The highest BCUT2D eigenvalue weighted by molar-refractivity contribution is 7.16. The van der Waals surface area contributed by atoms with Crippen molar-refractivity contribution in [3.63, 3.8) is 0 Å². The summed E-state index contributed by atoms with van der Waals surface area (Å²) in [5.74, 6) is 0.657. The van der Waals surface area contributed by atoms with Gasteiger partial charge in [-0.25, -0.2) is 0 Å². The molecule has 1 aromatic heterocycles. The van der Waals surface area contributed by atoms with Gasteiger partial charge >= 0.3 is 0 Å². The van der Waals surface area contributed by atoms with E-state index in [2.05, 4.69) is 11.4 Å². The molecular weight excluding hydrogens is 314 g/mol. The molecular formula is C16H21N3O3S. The summed E-state index contributed by atoms with van der Waals surface area (Å²) in [4.78, 5) is 13.1. The molecule has 0 saturated carbocycles. The van der Waals surface area contributed by atoms with Gasteiger partial charge in [0.1, 0.15) is 11.1 Å². The molecule has 2 rings (SSSR count). The summed E-state index contributed by atoms with van der Waals surface area (Å²) in [6.45, 7) is 5.27. The van der Waals surface area contributed by atoms with Crippen molar-refractivity contribution in [1.29, 1.82) is 5.26 Å². The van der Waals surface area contributed by atoms with Crippen LogP contribution < -0.4 is 5.32 Å². The van der Waals surface area contributed by atoms with Crippen LogP contribution in [0.4, 0.5) is 5.00 Å². The smallest absolute Gasteiger partial charge is 0.225 e. The van der Waals surface area contributed by atoms with E-state index >= 15 is 0 Å². The normalized spacial score (nSPS) is 15.0. The highest BCUT2D eigenvalue weighted by Crippen LogP contribution is 2.36. The Morgan fingerprint density at radius 1 is 1.57 bits per heavy atom. The fourth-order valence-corrected chi connectivity index (χ4v) is 3.73. The van der Waals surface area contributed by atoms with Crippen molar-refractivity contribution in [3.05, 3.63) is 27.8 Å². The number of ether oxygens (including phenoxy) is 1. The summed E-state index contributed by atoms with van der Waals surface area (Å²) in [5, 5.41) is 23.6. The number of thiophene rings is 1. The van der Waals surface area contributed by atoms with E-state index in [1.54, 1.807) is 0 Å². The predicted octanol–water partition coefficient (Wildman–Crippen LogP) is 3.03. The largest absolute Gasteiger partial charge is 0.499 e. The number of hydroxylamine groups is 2. The Kier molecular flexibility index (Phi) is 6.16. The molecule has 0 aromatic carbocycles. The highest BCUT2D eigenvalue weighted by atomic mass is 32.1. The second kappa shape index (κ2) is 8.11. The molecule has 0 spiro atoms. The molecule has 1 aliphatic heterocycles. The van der Waals surface area contributed by atoms with Gasteiger partial charge in [-0.15, -0.1) is 11.3 Å². The van der Waals surface area contributed by atoms with E-state index in [0.29, 0.717) is 49.5 Å². The van der Waals surface area contributed by atoms with Gasteiger partial charge in [-0.05, 0) is 31.9 Å². The lowest BCUT2D eigenvalue weighted by Crippen LogP contribution is -2.26. The zero-order valence-electron chi connectivity index (χ0n) is 13.4. The Bertz CT molecular complexity index is 646. The van der Waals surface area contributed by atoms with Crippen molar-refractivity contribution in [2.24, 2.45) is 0 Å². The highest BCUT2D eigenvalue weighted by Gasteiger charge is 2.24. The average molecular weight is 335 g/mol. The van der Waals surface area contributed by atoms with Crippen molar-refractivity contribution >= 4 is 22.2 Å². The zero-order chi connectivity index (χ0) is 16.8. The summed E-state index contributed by atoms with van der Waals surface area (Å²) in [6, 6.07) is 2.18. The summed E-state index contributed by atoms with van der Waals surface area (Å²) in [6.07, 6.45) is 3.32. The first kappa shape index (κ1) is 17.5. The van der Waals surface area contributed by atoms with Gasteiger partial charge in [-0.3, -0.25) is 4.79 Å². The van der Waals surface area contributed by atoms with Crippen LogP contribution in [0.3, 0.4) is 0 Å². The lowest BCUT2D eigenvalue weighted by Gasteiger charge is -2.19. The number of rotatable bonds is 6. The Hall–Kier alpha value is -1.88. The van der Waals surface area contributed by atoms with Crippen LogP contribution in [0.1, 0.15) is 42.7 Å². The molecule has 0 atom stereocenters. The van der Waals surface area contributed by atoms with Crippen molar-refractivity contribution in [2.75, 3.05) is 18.5 Å². The lowest BCUT2D eigenvalue weighted by molar-refractivity contribution is -0.116. The maximum atomic E-state index is 12.1. The molecule has 1 amide bonds. The quantitative estimate of drug-likeness (QED) is 0.781. The van der Waals surface area contributed by atoms with Crippen LogP contribution in [0.2, 0.25) is 0 Å². The number of hydrogen-bond donors (Lipinski definition) is 2. The standard InChI is InChI=1S/C16H21N3O3S/c1-3-11(22-4-2)5-6-15(20)18-16-13(9-17)12-7-8-19(21)10-14(12)23-16/h3,21H,4-8,10H2,1-2H3,(H,18,20)/b11-3-. The number of anilines is 1. The van der Waals surface area contributed by atoms with E-state index in [9.17, 15) is 15.3 Å². The first-order valence-corrected chi connectivity index (χ1v) is 8.47. The van der Waals surface area contributed by atoms with Gasteiger partial charge in [-0.1, -0.05) is 0 Å². The topological polar surface area (TPSA) is 85.6 Å². The summed E-state index contributed by atoms with van der Waals surface area (Å²) in [5.41, 5.74) is 1.48. The second-order valence-electron chi connectivity index (χ2n) is 5.19. The first-order chi connectivity index (χ1) is 11.1. The van der Waals surface area contributed by atoms with Crippen LogP contribution in [-0.2, 0) is 22.5 Å². The van der Waals surface area contributed by atoms with Gasteiger partial charge in [0.05, 0.1) is 24.5 Å². The van der Waals surface area contributed by atoms with Crippen molar-refractivity contribution in [3.8, 4) is 6.07 Å². The number of nitrogens with one attached hydrogen (secondary N) is 1. The van der Waals surface area contributed by atoms with Crippen LogP contribution >= 0.6 is 11.3 Å². The van der Waals surface area contributed by atoms with Crippen molar-refractivity contribution in [2.45, 2.75) is 39.7 Å². The van der Waals surface area contributed by atoms with Crippen LogP contribution in [0.5, 0.6) is 0 Å². The van der Waals surface area contributed by atoms with Crippen molar-refractivity contribution < 1.29 is 14.7 Å². The Balaban J connectivity index is 2.03. The van der Waals surface area contributed by atoms with Crippen LogP contribution in [0.15, 0.2) is 11.8 Å². The van der Waals surface area contributed by atoms with Crippen molar-refractivity contribution in [1.82, 2.24) is 5.06 Å². The molecule has 1 aromatic rings. The van der Waals surface area contributed by atoms with Gasteiger partial charge in [0.25, 0.3) is 0 Å². The minimum atomic E-state index is -0.139. The number of nitrogens with zero attached hydrogens (tertiary/aromatic N) is 2. The molecule has 124 valence electrons. The van der Waals surface area contributed by atoms with Gasteiger partial charge < -0.3 is 15.3 Å². The summed E-state index contributed by atoms with van der Waals surface area (Å²) < 4.78 is 5.41. The molecule has 2 heterocycles. The number of carbonyl (C=O) groups is 1. The first-order valence-electron chi connectivity index (χ1n) is 7.65. The molecule has 2 N–H and O–H groups in total. The number of amides is 1. The Labute approximate surface area is 139 Å². The van der Waals surface area contributed by atoms with E-state index in [-0.39, 0.29) is 5.91 Å². The molecule has 0 unspecified atom stereocenters. The number of nitriles is 1. The minimum absolute atomic E-state index is 0.139. The molecule has 23 heavy (non-hydrogen) atoms. The summed E-state index contributed by atoms with van der Waals surface area (Å²) in [7, 11) is 0. The Morgan fingerprint density at radius 3 is 3.00 bits per heavy atom. The van der Waals surface area contributed by atoms with Crippen LogP contribution in [0, 0.1) is 11.3 Å². The fraction of sp³-hybridized carbons (Fsp3) is 0.500. The molecule has 7 heteroatoms. The third-order valence-electron chi connectivity index (χ3n) is 3.65. The number of fused-ring (bicyclic) bond motifs is 1. The SMILES string of the molecule is C/C=C(/CCC(=O)Nc1sc2c(c1C#N)CCN(O)C2)OCC. The fourth-order valence-electron chi connectivity index (χ4n) is 2.51. The van der Waals surface area contributed by atoms with Crippen LogP contribution in [0.25, 0.3) is 0 Å². The molecule has 6 nitrogen and oxygen atoms in total. The number of carbonyl (C=O) groups excluding carboxylic acids is 1. The predicted molar refractivity (Wildman–Crippen MR) is 88.2 cm³/mol. The molecule has 0 bridgehead atoms. The monoisotopic (exact) mass is 335 g/mol. The van der Waals surface area contributed by atoms with Gasteiger partial charge in [0.15, 0.2) is 0 Å². The van der Waals surface area contributed by atoms with Gasteiger partial charge in [0, 0.05) is 24.3 Å². The molecule has 0 fully saturated rings. The number of hydrogen-bond acceptors (Lipinski definition) is 6. The molecule has 0 saturated heterocycles.